The van der Waals surface area contributed by atoms with Crippen LogP contribution >= 0.6 is 0 Å². The number of hydrogen-bond acceptors (Lipinski definition) is 5. The first kappa shape index (κ1) is 14.1. The van der Waals surface area contributed by atoms with Crippen LogP contribution in [0.5, 0.6) is 17.2 Å². The molecule has 112 valence electrons. The molecule has 0 heterocycles. The van der Waals surface area contributed by atoms with E-state index in [1.54, 1.807) is 13.0 Å². The SMILES string of the molecule is COc1cc2c(c(C)c1OC)C(=O)c1cccc(O)c1C2=O. The largest absolute Gasteiger partial charge is 0.507 e. The zero-order valence-corrected chi connectivity index (χ0v) is 12.4. The van der Waals surface area contributed by atoms with Crippen LogP contribution in [0.4, 0.5) is 0 Å². The molecule has 5 heteroatoms. The fourth-order valence-electron chi connectivity index (χ4n) is 2.88. The molecule has 0 amide bonds. The number of hydrogen-bond donors (Lipinski definition) is 1. The number of carbonyl (C=O) groups excluding carboxylic acids is 2. The highest BCUT2D eigenvalue weighted by molar-refractivity contribution is 6.30. The molecule has 0 aromatic heterocycles. The fraction of sp³-hybridized carbons (Fsp3) is 0.176. The standard InChI is InChI=1S/C17H14O5/c1-8-13-10(7-12(21-2)17(8)22-3)16(20)14-9(15(13)19)5-4-6-11(14)18/h4-7,18H,1-3H3. The van der Waals surface area contributed by atoms with E-state index in [9.17, 15) is 14.7 Å². The number of phenolic OH excluding ortho intramolecular Hbond substituents is 1. The van der Waals surface area contributed by atoms with Gasteiger partial charge in [-0.25, -0.2) is 0 Å². The van der Waals surface area contributed by atoms with E-state index < -0.39 is 5.78 Å². The first-order valence-electron chi connectivity index (χ1n) is 6.68. The number of ketones is 2. The van der Waals surface area contributed by atoms with Gasteiger partial charge in [-0.3, -0.25) is 9.59 Å². The second-order valence-electron chi connectivity index (χ2n) is 5.02. The van der Waals surface area contributed by atoms with Gasteiger partial charge in [-0.2, -0.15) is 0 Å². The molecule has 0 bridgehead atoms. The van der Waals surface area contributed by atoms with E-state index in [-0.39, 0.29) is 28.2 Å². The molecule has 2 aromatic carbocycles. The molecule has 0 saturated carbocycles. The Morgan fingerprint density at radius 1 is 0.955 bits per heavy atom. The minimum atomic E-state index is -0.397. The van der Waals surface area contributed by atoms with E-state index in [1.165, 1.54) is 32.4 Å². The van der Waals surface area contributed by atoms with E-state index in [4.69, 9.17) is 9.47 Å². The highest BCUT2D eigenvalue weighted by atomic mass is 16.5. The fourth-order valence-corrected chi connectivity index (χ4v) is 2.88. The summed E-state index contributed by atoms with van der Waals surface area (Å²) in [4.78, 5) is 25.4. The van der Waals surface area contributed by atoms with Crippen molar-refractivity contribution in [2.24, 2.45) is 0 Å². The average Bonchev–Trinajstić information content (AvgIpc) is 2.51. The van der Waals surface area contributed by atoms with E-state index in [0.717, 1.165) is 0 Å². The van der Waals surface area contributed by atoms with Crippen LogP contribution in [0.1, 0.15) is 37.4 Å². The summed E-state index contributed by atoms with van der Waals surface area (Å²) in [6.45, 7) is 1.71. The first-order chi connectivity index (χ1) is 10.5. The number of carbonyl (C=O) groups is 2. The van der Waals surface area contributed by atoms with Gasteiger partial charge in [-0.05, 0) is 19.1 Å². The van der Waals surface area contributed by atoms with Crippen LogP contribution in [-0.4, -0.2) is 30.9 Å². The van der Waals surface area contributed by atoms with Crippen molar-refractivity contribution in [2.75, 3.05) is 14.2 Å². The summed E-state index contributed by atoms with van der Waals surface area (Å²) in [6.07, 6.45) is 0. The van der Waals surface area contributed by atoms with Crippen molar-refractivity contribution < 1.29 is 24.2 Å². The first-order valence-corrected chi connectivity index (χ1v) is 6.68. The van der Waals surface area contributed by atoms with Crippen molar-refractivity contribution in [3.63, 3.8) is 0 Å². The molecule has 1 aliphatic carbocycles. The molecule has 22 heavy (non-hydrogen) atoms. The van der Waals surface area contributed by atoms with Crippen LogP contribution < -0.4 is 9.47 Å². The van der Waals surface area contributed by atoms with Crippen LogP contribution in [0.3, 0.4) is 0 Å². The topological polar surface area (TPSA) is 72.8 Å². The maximum absolute atomic E-state index is 12.7. The summed E-state index contributed by atoms with van der Waals surface area (Å²) in [7, 11) is 2.94. The molecule has 5 nitrogen and oxygen atoms in total. The molecule has 3 rings (SSSR count). The van der Waals surface area contributed by atoms with Gasteiger partial charge in [-0.15, -0.1) is 0 Å². The van der Waals surface area contributed by atoms with Gasteiger partial charge in [0.25, 0.3) is 0 Å². The second-order valence-corrected chi connectivity index (χ2v) is 5.02. The average molecular weight is 298 g/mol. The van der Waals surface area contributed by atoms with Crippen LogP contribution in [0.2, 0.25) is 0 Å². The second kappa shape index (κ2) is 4.87. The Kier molecular flexibility index (Phi) is 3.13. The molecule has 0 fully saturated rings. The van der Waals surface area contributed by atoms with Crippen molar-refractivity contribution in [1.29, 1.82) is 0 Å². The Hall–Kier alpha value is -2.82. The maximum Gasteiger partial charge on any atom is 0.198 e. The number of rotatable bonds is 2. The zero-order valence-electron chi connectivity index (χ0n) is 12.4. The van der Waals surface area contributed by atoms with Gasteiger partial charge in [0, 0.05) is 22.3 Å². The lowest BCUT2D eigenvalue weighted by Crippen LogP contribution is -2.22. The molecule has 0 unspecified atom stereocenters. The number of fused-ring (bicyclic) bond motifs is 2. The molecule has 0 aliphatic heterocycles. The Bertz CT molecular complexity index is 818. The van der Waals surface area contributed by atoms with Crippen molar-refractivity contribution in [3.05, 3.63) is 52.1 Å². The van der Waals surface area contributed by atoms with Gasteiger partial charge in [0.2, 0.25) is 0 Å². The summed E-state index contributed by atoms with van der Waals surface area (Å²) in [5, 5.41) is 9.94. The summed E-state index contributed by atoms with van der Waals surface area (Å²) in [5.74, 6) is -0.107. The summed E-state index contributed by atoms with van der Waals surface area (Å²) in [5.41, 5.74) is 1.29. The smallest absolute Gasteiger partial charge is 0.198 e. The molecule has 2 aromatic rings. The van der Waals surface area contributed by atoms with Crippen LogP contribution in [0, 0.1) is 6.92 Å². The van der Waals surface area contributed by atoms with Crippen LogP contribution in [0.25, 0.3) is 0 Å². The Balaban J connectivity index is 2.38. The Morgan fingerprint density at radius 2 is 1.64 bits per heavy atom. The lowest BCUT2D eigenvalue weighted by atomic mass is 9.81. The Morgan fingerprint density at radius 3 is 2.27 bits per heavy atom. The minimum Gasteiger partial charge on any atom is -0.507 e. The number of phenols is 1. The van der Waals surface area contributed by atoms with E-state index >= 15 is 0 Å². The molecule has 0 spiro atoms. The monoisotopic (exact) mass is 298 g/mol. The number of aromatic hydroxyl groups is 1. The van der Waals surface area contributed by atoms with Crippen molar-refractivity contribution in [2.45, 2.75) is 6.92 Å². The van der Waals surface area contributed by atoms with Crippen molar-refractivity contribution in [3.8, 4) is 17.2 Å². The summed E-state index contributed by atoms with van der Waals surface area (Å²) in [6, 6.07) is 5.95. The molecule has 1 aliphatic rings. The molecule has 1 N–H and O–H groups in total. The van der Waals surface area contributed by atoms with Gasteiger partial charge in [0.05, 0.1) is 19.8 Å². The molecule has 0 atom stereocenters. The predicted molar refractivity (Wildman–Crippen MR) is 79.3 cm³/mol. The van der Waals surface area contributed by atoms with E-state index in [2.05, 4.69) is 0 Å². The lowest BCUT2D eigenvalue weighted by Gasteiger charge is -2.22. The Labute approximate surface area is 127 Å². The maximum atomic E-state index is 12.7. The molecular weight excluding hydrogens is 284 g/mol. The molecular formula is C17H14O5. The normalized spacial score (nSPS) is 12.7. The van der Waals surface area contributed by atoms with Gasteiger partial charge in [0.1, 0.15) is 5.75 Å². The minimum absolute atomic E-state index is 0.0339. The lowest BCUT2D eigenvalue weighted by molar-refractivity contribution is 0.0975. The van der Waals surface area contributed by atoms with Crippen molar-refractivity contribution in [1.82, 2.24) is 0 Å². The van der Waals surface area contributed by atoms with Gasteiger partial charge >= 0.3 is 0 Å². The van der Waals surface area contributed by atoms with Crippen LogP contribution in [-0.2, 0) is 0 Å². The third kappa shape index (κ3) is 1.72. The number of benzene rings is 2. The van der Waals surface area contributed by atoms with Crippen LogP contribution in [0.15, 0.2) is 24.3 Å². The van der Waals surface area contributed by atoms with E-state index in [1.807, 2.05) is 0 Å². The zero-order chi connectivity index (χ0) is 16.0. The number of ether oxygens (including phenoxy) is 2. The highest BCUT2D eigenvalue weighted by Crippen LogP contribution is 2.41. The predicted octanol–water partition coefficient (Wildman–Crippen LogP) is 2.49. The molecule has 0 saturated heterocycles. The third-order valence-electron chi connectivity index (χ3n) is 3.89. The molecule has 0 radical (unpaired) electrons. The summed E-state index contributed by atoms with van der Waals surface area (Å²) >= 11 is 0. The van der Waals surface area contributed by atoms with Crippen molar-refractivity contribution >= 4 is 11.6 Å². The van der Waals surface area contributed by atoms with E-state index in [0.29, 0.717) is 22.6 Å². The van der Waals surface area contributed by atoms with Gasteiger partial charge in [0.15, 0.2) is 23.1 Å². The highest BCUT2D eigenvalue weighted by Gasteiger charge is 2.35. The van der Waals surface area contributed by atoms with Gasteiger partial charge in [-0.1, -0.05) is 12.1 Å². The number of methoxy groups -OCH3 is 2. The summed E-state index contributed by atoms with van der Waals surface area (Å²) < 4.78 is 10.5. The van der Waals surface area contributed by atoms with Gasteiger partial charge < -0.3 is 14.6 Å². The third-order valence-corrected chi connectivity index (χ3v) is 3.89. The quantitative estimate of drug-likeness (QED) is 0.787.